The quantitative estimate of drug-likeness (QED) is 0.827. The van der Waals surface area contributed by atoms with E-state index in [9.17, 15) is 4.79 Å². The molecule has 0 aromatic rings. The molecule has 2 saturated heterocycles. The maximum Gasteiger partial charge on any atom is 0.217 e. The van der Waals surface area contributed by atoms with Gasteiger partial charge in [-0.05, 0) is 58.0 Å². The molecule has 3 fully saturated rings. The molecule has 4 heteroatoms. The van der Waals surface area contributed by atoms with Crippen LogP contribution in [-0.4, -0.2) is 48.2 Å². The first-order valence-electron chi connectivity index (χ1n) is 7.84. The number of rotatable bonds is 2. The van der Waals surface area contributed by atoms with Gasteiger partial charge in [0.05, 0.1) is 5.60 Å². The highest BCUT2D eigenvalue weighted by Crippen LogP contribution is 2.41. The fourth-order valence-electron chi connectivity index (χ4n) is 4.24. The standard InChI is InChI=1S/C15H26N2O2/c1-12(18)16-13-5-7-15(6-4-10-19-15)11-14(13)17-8-2-3-9-17/h13-14H,2-11H2,1H3,(H,16,18). The van der Waals surface area contributed by atoms with E-state index in [0.717, 1.165) is 25.9 Å². The molecule has 0 bridgehead atoms. The van der Waals surface area contributed by atoms with Crippen molar-refractivity contribution in [2.24, 2.45) is 0 Å². The SMILES string of the molecule is CC(=O)NC1CCC2(CCCO2)CC1N1CCCC1. The number of carbonyl (C=O) groups excluding carboxylic acids is 1. The largest absolute Gasteiger partial charge is 0.375 e. The number of likely N-dealkylation sites (tertiary alicyclic amines) is 1. The smallest absolute Gasteiger partial charge is 0.217 e. The van der Waals surface area contributed by atoms with E-state index in [0.29, 0.717) is 12.1 Å². The molecule has 1 aliphatic carbocycles. The van der Waals surface area contributed by atoms with Crippen molar-refractivity contribution in [3.8, 4) is 0 Å². The van der Waals surface area contributed by atoms with Crippen molar-refractivity contribution < 1.29 is 9.53 Å². The van der Waals surface area contributed by atoms with E-state index >= 15 is 0 Å². The number of carbonyl (C=O) groups is 1. The topological polar surface area (TPSA) is 41.6 Å². The molecule has 3 unspecified atom stereocenters. The van der Waals surface area contributed by atoms with Gasteiger partial charge in [-0.1, -0.05) is 0 Å². The molecule has 4 nitrogen and oxygen atoms in total. The maximum absolute atomic E-state index is 11.4. The Labute approximate surface area is 115 Å². The zero-order chi connectivity index (χ0) is 13.3. The third kappa shape index (κ3) is 2.79. The van der Waals surface area contributed by atoms with E-state index in [1.54, 1.807) is 6.92 Å². The number of hydrogen-bond acceptors (Lipinski definition) is 3. The maximum atomic E-state index is 11.4. The summed E-state index contributed by atoms with van der Waals surface area (Å²) in [5.41, 5.74) is 0.127. The average molecular weight is 266 g/mol. The van der Waals surface area contributed by atoms with Crippen molar-refractivity contribution in [2.45, 2.75) is 69.6 Å². The third-order valence-electron chi connectivity index (χ3n) is 5.14. The predicted molar refractivity (Wildman–Crippen MR) is 74.0 cm³/mol. The molecule has 1 N–H and O–H groups in total. The molecule has 0 radical (unpaired) electrons. The van der Waals surface area contributed by atoms with Gasteiger partial charge in [0.25, 0.3) is 0 Å². The van der Waals surface area contributed by atoms with Gasteiger partial charge >= 0.3 is 0 Å². The third-order valence-corrected chi connectivity index (χ3v) is 5.14. The zero-order valence-electron chi connectivity index (χ0n) is 12.0. The predicted octanol–water partition coefficient (Wildman–Crippen LogP) is 1.69. The van der Waals surface area contributed by atoms with Crippen molar-refractivity contribution in [2.75, 3.05) is 19.7 Å². The molecule has 1 saturated carbocycles. The Kier molecular flexibility index (Phi) is 3.81. The summed E-state index contributed by atoms with van der Waals surface area (Å²) in [7, 11) is 0. The van der Waals surface area contributed by atoms with E-state index in [1.807, 2.05) is 0 Å². The minimum atomic E-state index is 0.109. The van der Waals surface area contributed by atoms with Crippen LogP contribution < -0.4 is 5.32 Å². The fourth-order valence-corrected chi connectivity index (χ4v) is 4.24. The van der Waals surface area contributed by atoms with Crippen molar-refractivity contribution in [3.05, 3.63) is 0 Å². The second-order valence-corrected chi connectivity index (χ2v) is 6.50. The zero-order valence-corrected chi connectivity index (χ0v) is 12.0. The number of amides is 1. The molecule has 0 aromatic carbocycles. The molecule has 0 aromatic heterocycles. The van der Waals surface area contributed by atoms with Gasteiger partial charge in [0.15, 0.2) is 0 Å². The number of nitrogens with one attached hydrogen (secondary N) is 1. The van der Waals surface area contributed by atoms with Crippen LogP contribution in [0, 0.1) is 0 Å². The lowest BCUT2D eigenvalue weighted by Crippen LogP contribution is -2.57. The van der Waals surface area contributed by atoms with Crippen LogP contribution in [0.1, 0.15) is 51.9 Å². The molecule has 2 aliphatic heterocycles. The van der Waals surface area contributed by atoms with Gasteiger partial charge in [-0.15, -0.1) is 0 Å². The van der Waals surface area contributed by atoms with Gasteiger partial charge in [-0.2, -0.15) is 0 Å². The molecule has 2 heterocycles. The van der Waals surface area contributed by atoms with Gasteiger partial charge < -0.3 is 10.1 Å². The van der Waals surface area contributed by atoms with Gasteiger partial charge in [0, 0.05) is 25.6 Å². The highest BCUT2D eigenvalue weighted by Gasteiger charge is 2.46. The Morgan fingerprint density at radius 1 is 1.26 bits per heavy atom. The second kappa shape index (κ2) is 5.41. The molecule has 1 spiro atoms. The molecular weight excluding hydrogens is 240 g/mol. The van der Waals surface area contributed by atoms with Crippen LogP contribution in [0.2, 0.25) is 0 Å². The molecule has 3 aliphatic rings. The Morgan fingerprint density at radius 2 is 2.05 bits per heavy atom. The number of ether oxygens (including phenoxy) is 1. The lowest BCUT2D eigenvalue weighted by atomic mass is 9.76. The summed E-state index contributed by atoms with van der Waals surface area (Å²) in [4.78, 5) is 14.0. The molecule has 1 amide bonds. The lowest BCUT2D eigenvalue weighted by molar-refractivity contribution is -0.121. The van der Waals surface area contributed by atoms with Gasteiger partial charge in [-0.3, -0.25) is 9.69 Å². The highest BCUT2D eigenvalue weighted by atomic mass is 16.5. The van der Waals surface area contributed by atoms with Gasteiger partial charge in [0.2, 0.25) is 5.91 Å². The Balaban J connectivity index is 1.72. The number of nitrogens with zero attached hydrogens (tertiary/aromatic N) is 1. The minimum Gasteiger partial charge on any atom is -0.375 e. The fraction of sp³-hybridized carbons (Fsp3) is 0.933. The van der Waals surface area contributed by atoms with Crippen LogP contribution in [0.3, 0.4) is 0 Å². The summed E-state index contributed by atoms with van der Waals surface area (Å²) < 4.78 is 6.09. The normalized spacial score (nSPS) is 39.8. The van der Waals surface area contributed by atoms with Crippen molar-refractivity contribution in [3.63, 3.8) is 0 Å². The summed E-state index contributed by atoms with van der Waals surface area (Å²) >= 11 is 0. The first-order valence-corrected chi connectivity index (χ1v) is 7.84. The summed E-state index contributed by atoms with van der Waals surface area (Å²) in [6, 6.07) is 0.809. The number of hydrogen-bond donors (Lipinski definition) is 1. The average Bonchev–Trinajstić information content (AvgIpc) is 3.03. The monoisotopic (exact) mass is 266 g/mol. The van der Waals surface area contributed by atoms with Gasteiger partial charge in [0.1, 0.15) is 0 Å². The first kappa shape index (κ1) is 13.4. The molecular formula is C15H26N2O2. The molecule has 3 atom stereocenters. The van der Waals surface area contributed by atoms with E-state index in [2.05, 4.69) is 10.2 Å². The Morgan fingerprint density at radius 3 is 2.68 bits per heavy atom. The Hall–Kier alpha value is -0.610. The van der Waals surface area contributed by atoms with E-state index in [-0.39, 0.29) is 11.5 Å². The molecule has 108 valence electrons. The summed E-state index contributed by atoms with van der Waals surface area (Å²) in [5.74, 6) is 0.109. The first-order chi connectivity index (χ1) is 9.19. The van der Waals surface area contributed by atoms with Crippen LogP contribution >= 0.6 is 0 Å². The van der Waals surface area contributed by atoms with Crippen LogP contribution in [-0.2, 0) is 9.53 Å². The van der Waals surface area contributed by atoms with Crippen LogP contribution in [0.15, 0.2) is 0 Å². The minimum absolute atomic E-state index is 0.109. The van der Waals surface area contributed by atoms with E-state index < -0.39 is 0 Å². The van der Waals surface area contributed by atoms with Crippen LogP contribution in [0.4, 0.5) is 0 Å². The van der Waals surface area contributed by atoms with Gasteiger partial charge in [-0.25, -0.2) is 0 Å². The molecule has 19 heavy (non-hydrogen) atoms. The summed E-state index contributed by atoms with van der Waals surface area (Å²) in [6.45, 7) is 4.95. The van der Waals surface area contributed by atoms with Crippen LogP contribution in [0.25, 0.3) is 0 Å². The van der Waals surface area contributed by atoms with Crippen molar-refractivity contribution >= 4 is 5.91 Å². The van der Waals surface area contributed by atoms with E-state index in [4.69, 9.17) is 4.74 Å². The van der Waals surface area contributed by atoms with Crippen molar-refractivity contribution in [1.29, 1.82) is 0 Å². The Bertz CT molecular complexity index is 333. The van der Waals surface area contributed by atoms with Crippen LogP contribution in [0.5, 0.6) is 0 Å². The highest BCUT2D eigenvalue weighted by molar-refractivity contribution is 5.73. The summed E-state index contributed by atoms with van der Waals surface area (Å²) in [6.07, 6.45) is 8.32. The molecule has 3 rings (SSSR count). The second-order valence-electron chi connectivity index (χ2n) is 6.50. The van der Waals surface area contributed by atoms with E-state index in [1.165, 1.54) is 38.8 Å². The summed E-state index contributed by atoms with van der Waals surface area (Å²) in [5, 5.41) is 3.18. The lowest BCUT2D eigenvalue weighted by Gasteiger charge is -2.45. The van der Waals surface area contributed by atoms with Crippen molar-refractivity contribution in [1.82, 2.24) is 10.2 Å².